The van der Waals surface area contributed by atoms with E-state index < -0.39 is 10.9 Å². The number of non-ortho nitro benzene ring substituents is 1. The number of carbonyl (C=O) groups excluding carboxylic acids is 1. The molecule has 0 aliphatic carbocycles. The van der Waals surface area contributed by atoms with Crippen molar-refractivity contribution in [3.8, 4) is 0 Å². The van der Waals surface area contributed by atoms with Crippen LogP contribution in [0.15, 0.2) is 18.2 Å². The lowest BCUT2D eigenvalue weighted by Crippen LogP contribution is -2.21. The lowest BCUT2D eigenvalue weighted by atomic mass is 10.1. The maximum Gasteiger partial charge on any atom is 0.340 e. The Kier molecular flexibility index (Phi) is 4.25. The zero-order chi connectivity index (χ0) is 13.9. The van der Waals surface area contributed by atoms with E-state index in [9.17, 15) is 14.9 Å². The van der Waals surface area contributed by atoms with Crippen LogP contribution in [0.1, 0.15) is 31.1 Å². The van der Waals surface area contributed by atoms with E-state index in [-0.39, 0.29) is 29.0 Å². The SMILES string of the molecule is CC(C)C(C)OC(=O)c1ccc([N+](=O)[O-])cc1N. The van der Waals surface area contributed by atoms with E-state index in [4.69, 9.17) is 10.5 Å². The van der Waals surface area contributed by atoms with E-state index in [1.807, 2.05) is 13.8 Å². The Labute approximate surface area is 105 Å². The van der Waals surface area contributed by atoms with Gasteiger partial charge < -0.3 is 10.5 Å². The summed E-state index contributed by atoms with van der Waals surface area (Å²) in [5.41, 5.74) is 5.65. The van der Waals surface area contributed by atoms with Crippen molar-refractivity contribution in [2.24, 2.45) is 5.92 Å². The van der Waals surface area contributed by atoms with Gasteiger partial charge in [0.05, 0.1) is 16.2 Å². The quantitative estimate of drug-likeness (QED) is 0.384. The molecular weight excluding hydrogens is 236 g/mol. The lowest BCUT2D eigenvalue weighted by Gasteiger charge is -2.17. The lowest BCUT2D eigenvalue weighted by molar-refractivity contribution is -0.384. The van der Waals surface area contributed by atoms with E-state index in [1.165, 1.54) is 12.1 Å². The minimum atomic E-state index is -0.567. The van der Waals surface area contributed by atoms with E-state index in [2.05, 4.69) is 0 Å². The third-order valence-corrected chi connectivity index (χ3v) is 2.70. The molecule has 0 bridgehead atoms. The number of benzene rings is 1. The fourth-order valence-corrected chi connectivity index (χ4v) is 1.22. The average molecular weight is 252 g/mol. The van der Waals surface area contributed by atoms with Crippen LogP contribution in [0.4, 0.5) is 11.4 Å². The average Bonchev–Trinajstić information content (AvgIpc) is 2.28. The van der Waals surface area contributed by atoms with Gasteiger partial charge in [-0.15, -0.1) is 0 Å². The molecule has 1 atom stereocenters. The number of ether oxygens (including phenoxy) is 1. The van der Waals surface area contributed by atoms with E-state index in [0.717, 1.165) is 6.07 Å². The Morgan fingerprint density at radius 1 is 1.39 bits per heavy atom. The zero-order valence-electron chi connectivity index (χ0n) is 10.5. The summed E-state index contributed by atoms with van der Waals surface area (Å²) in [7, 11) is 0. The Hall–Kier alpha value is -2.11. The minimum Gasteiger partial charge on any atom is -0.459 e. The predicted octanol–water partition coefficient (Wildman–Crippen LogP) is 2.38. The maximum atomic E-state index is 11.8. The first-order valence-electron chi connectivity index (χ1n) is 5.57. The number of anilines is 1. The van der Waals surface area contributed by atoms with Gasteiger partial charge >= 0.3 is 5.97 Å². The van der Waals surface area contributed by atoms with Crippen molar-refractivity contribution in [3.63, 3.8) is 0 Å². The van der Waals surface area contributed by atoms with E-state index in [0.29, 0.717) is 0 Å². The van der Waals surface area contributed by atoms with Crippen LogP contribution in [0.25, 0.3) is 0 Å². The van der Waals surface area contributed by atoms with Crippen LogP contribution in [-0.4, -0.2) is 17.0 Å². The maximum absolute atomic E-state index is 11.8. The van der Waals surface area contributed by atoms with Crippen LogP contribution in [-0.2, 0) is 4.74 Å². The van der Waals surface area contributed by atoms with Crippen molar-refractivity contribution in [3.05, 3.63) is 33.9 Å². The molecule has 1 aromatic rings. The molecule has 0 aliphatic rings. The van der Waals surface area contributed by atoms with Gasteiger partial charge in [-0.3, -0.25) is 10.1 Å². The van der Waals surface area contributed by atoms with Crippen LogP contribution in [0, 0.1) is 16.0 Å². The summed E-state index contributed by atoms with van der Waals surface area (Å²) in [4.78, 5) is 21.8. The molecule has 0 fully saturated rings. The van der Waals surface area contributed by atoms with Crippen LogP contribution < -0.4 is 5.73 Å². The highest BCUT2D eigenvalue weighted by atomic mass is 16.6. The summed E-state index contributed by atoms with van der Waals surface area (Å²) in [6.07, 6.45) is -0.243. The number of nitrogens with zero attached hydrogens (tertiary/aromatic N) is 1. The molecule has 1 rings (SSSR count). The van der Waals surface area contributed by atoms with Gasteiger partial charge in [-0.1, -0.05) is 13.8 Å². The molecule has 0 aromatic heterocycles. The first-order chi connectivity index (χ1) is 8.32. The van der Waals surface area contributed by atoms with Gasteiger partial charge in [0.25, 0.3) is 5.69 Å². The van der Waals surface area contributed by atoms with Crippen molar-refractivity contribution in [2.75, 3.05) is 5.73 Å². The second-order valence-electron chi connectivity index (χ2n) is 4.38. The molecule has 18 heavy (non-hydrogen) atoms. The van der Waals surface area contributed by atoms with Gasteiger partial charge in [0.1, 0.15) is 6.10 Å². The number of hydrogen-bond donors (Lipinski definition) is 1. The number of carbonyl (C=O) groups is 1. The topological polar surface area (TPSA) is 95.5 Å². The second-order valence-corrected chi connectivity index (χ2v) is 4.38. The highest BCUT2D eigenvalue weighted by Gasteiger charge is 2.18. The van der Waals surface area contributed by atoms with Crippen molar-refractivity contribution in [1.29, 1.82) is 0 Å². The molecular formula is C12H16N2O4. The summed E-state index contributed by atoms with van der Waals surface area (Å²) >= 11 is 0. The zero-order valence-corrected chi connectivity index (χ0v) is 10.5. The minimum absolute atomic E-state index is 0.0464. The summed E-state index contributed by atoms with van der Waals surface area (Å²) < 4.78 is 5.19. The summed E-state index contributed by atoms with van der Waals surface area (Å²) in [5.74, 6) is -0.378. The number of rotatable bonds is 4. The predicted molar refractivity (Wildman–Crippen MR) is 67.2 cm³/mol. The van der Waals surface area contributed by atoms with Crippen LogP contribution >= 0.6 is 0 Å². The molecule has 0 saturated carbocycles. The standard InChI is InChI=1S/C12H16N2O4/c1-7(2)8(3)18-12(15)10-5-4-9(14(16)17)6-11(10)13/h4-8H,13H2,1-3H3. The molecule has 98 valence electrons. The first-order valence-corrected chi connectivity index (χ1v) is 5.57. The third-order valence-electron chi connectivity index (χ3n) is 2.70. The van der Waals surface area contributed by atoms with Crippen molar-refractivity contribution < 1.29 is 14.5 Å². The smallest absolute Gasteiger partial charge is 0.340 e. The van der Waals surface area contributed by atoms with Crippen molar-refractivity contribution in [1.82, 2.24) is 0 Å². The molecule has 0 heterocycles. The molecule has 0 spiro atoms. The Balaban J connectivity index is 2.90. The summed E-state index contributed by atoms with van der Waals surface area (Å²) in [6.45, 7) is 5.64. The molecule has 0 amide bonds. The number of nitrogens with two attached hydrogens (primary N) is 1. The molecule has 0 saturated heterocycles. The fourth-order valence-electron chi connectivity index (χ4n) is 1.22. The number of nitro groups is 1. The highest BCUT2D eigenvalue weighted by molar-refractivity contribution is 5.95. The molecule has 0 aliphatic heterocycles. The Bertz CT molecular complexity index is 471. The van der Waals surface area contributed by atoms with Crippen LogP contribution in [0.2, 0.25) is 0 Å². The van der Waals surface area contributed by atoms with E-state index >= 15 is 0 Å². The van der Waals surface area contributed by atoms with Crippen molar-refractivity contribution in [2.45, 2.75) is 26.9 Å². The Morgan fingerprint density at radius 3 is 2.44 bits per heavy atom. The Morgan fingerprint density at radius 2 is 2.00 bits per heavy atom. The highest BCUT2D eigenvalue weighted by Crippen LogP contribution is 2.21. The first kappa shape index (κ1) is 14.0. The normalized spacial score (nSPS) is 12.2. The monoisotopic (exact) mass is 252 g/mol. The van der Waals surface area contributed by atoms with Gasteiger partial charge in [-0.2, -0.15) is 0 Å². The van der Waals surface area contributed by atoms with Gasteiger partial charge in [0.15, 0.2) is 0 Å². The van der Waals surface area contributed by atoms with Crippen LogP contribution in [0.3, 0.4) is 0 Å². The van der Waals surface area contributed by atoms with Gasteiger partial charge in [0, 0.05) is 12.1 Å². The molecule has 2 N–H and O–H groups in total. The second kappa shape index (κ2) is 5.48. The molecule has 0 radical (unpaired) electrons. The largest absolute Gasteiger partial charge is 0.459 e. The third kappa shape index (κ3) is 3.19. The number of hydrogen-bond acceptors (Lipinski definition) is 5. The molecule has 1 aromatic carbocycles. The number of nitrogen functional groups attached to an aromatic ring is 1. The van der Waals surface area contributed by atoms with Crippen molar-refractivity contribution >= 4 is 17.3 Å². The van der Waals surface area contributed by atoms with Gasteiger partial charge in [-0.25, -0.2) is 4.79 Å². The van der Waals surface area contributed by atoms with Gasteiger partial charge in [0.2, 0.25) is 0 Å². The summed E-state index contributed by atoms with van der Waals surface area (Å²) in [6, 6.07) is 3.69. The van der Waals surface area contributed by atoms with E-state index in [1.54, 1.807) is 6.92 Å². The molecule has 6 nitrogen and oxygen atoms in total. The van der Waals surface area contributed by atoms with Gasteiger partial charge in [-0.05, 0) is 18.9 Å². The number of nitro benzene ring substituents is 1. The number of esters is 1. The molecule has 6 heteroatoms. The summed E-state index contributed by atoms with van der Waals surface area (Å²) in [5, 5.41) is 10.5. The fraction of sp³-hybridized carbons (Fsp3) is 0.417. The molecule has 1 unspecified atom stereocenters. The van der Waals surface area contributed by atoms with Crippen LogP contribution in [0.5, 0.6) is 0 Å².